The Morgan fingerprint density at radius 2 is 1.80 bits per heavy atom. The van der Waals surface area contributed by atoms with Crippen LogP contribution in [0.1, 0.15) is 21.9 Å². The number of aromatic amines is 1. The van der Waals surface area contributed by atoms with Crippen molar-refractivity contribution in [3.63, 3.8) is 0 Å². The van der Waals surface area contributed by atoms with Crippen molar-refractivity contribution in [2.45, 2.75) is 13.3 Å². The van der Waals surface area contributed by atoms with E-state index in [1.165, 1.54) is 10.9 Å². The predicted octanol–water partition coefficient (Wildman–Crippen LogP) is 3.39. The second kappa shape index (κ2) is 6.36. The molecule has 0 spiro atoms. The summed E-state index contributed by atoms with van der Waals surface area (Å²) >= 11 is 0. The molecule has 0 aliphatic rings. The van der Waals surface area contributed by atoms with E-state index in [1.54, 1.807) is 6.92 Å². The topological polar surface area (TPSA) is 70.7 Å². The molecule has 0 radical (unpaired) electrons. The van der Waals surface area contributed by atoms with Crippen LogP contribution in [0.5, 0.6) is 0 Å². The minimum absolute atomic E-state index is 0.165. The van der Waals surface area contributed by atoms with E-state index in [0.717, 1.165) is 22.8 Å². The summed E-state index contributed by atoms with van der Waals surface area (Å²) in [5, 5.41) is 4.95. The number of rotatable bonds is 4. The molecule has 4 aromatic rings. The van der Waals surface area contributed by atoms with Gasteiger partial charge in [0.2, 0.25) is 0 Å². The lowest BCUT2D eigenvalue weighted by Crippen LogP contribution is -2.27. The molecule has 0 aliphatic carbocycles. The van der Waals surface area contributed by atoms with Crippen molar-refractivity contribution in [2.24, 2.45) is 0 Å². The number of para-hydroxylation sites is 2. The summed E-state index contributed by atoms with van der Waals surface area (Å²) < 4.78 is 0. The highest BCUT2D eigenvalue weighted by atomic mass is 16.1. The number of nitrogens with zero attached hydrogens (tertiary/aromatic N) is 2. The van der Waals surface area contributed by atoms with E-state index in [-0.39, 0.29) is 5.91 Å². The molecule has 2 aromatic carbocycles. The number of hydrogen-bond acceptors (Lipinski definition) is 3. The molecule has 0 atom stereocenters. The fourth-order valence-corrected chi connectivity index (χ4v) is 3.10. The highest BCUT2D eigenvalue weighted by Gasteiger charge is 2.13. The fraction of sp³-hybridized carbons (Fsp3) is 0.150. The number of aromatic nitrogens is 3. The molecule has 5 nitrogen and oxygen atoms in total. The van der Waals surface area contributed by atoms with E-state index in [0.29, 0.717) is 18.1 Å². The summed E-state index contributed by atoms with van der Waals surface area (Å²) in [5.74, 6) is 0.432. The Balaban J connectivity index is 1.51. The molecule has 2 N–H and O–H groups in total. The van der Waals surface area contributed by atoms with Gasteiger partial charge in [0.05, 0.1) is 5.52 Å². The Labute approximate surface area is 145 Å². The van der Waals surface area contributed by atoms with Gasteiger partial charge in [-0.2, -0.15) is 0 Å². The molecule has 2 heterocycles. The lowest BCUT2D eigenvalue weighted by atomic mass is 10.1. The Morgan fingerprint density at radius 1 is 1.04 bits per heavy atom. The molecule has 25 heavy (non-hydrogen) atoms. The maximum atomic E-state index is 12.6. The van der Waals surface area contributed by atoms with Crippen LogP contribution >= 0.6 is 0 Å². The van der Waals surface area contributed by atoms with Gasteiger partial charge in [0.1, 0.15) is 11.5 Å². The summed E-state index contributed by atoms with van der Waals surface area (Å²) in [6.45, 7) is 2.35. The number of amides is 1. The number of aryl methyl sites for hydroxylation is 1. The minimum atomic E-state index is -0.165. The lowest BCUT2D eigenvalue weighted by molar-refractivity contribution is 0.0950. The van der Waals surface area contributed by atoms with Gasteiger partial charge in [-0.05, 0) is 31.0 Å². The zero-order valence-electron chi connectivity index (χ0n) is 13.9. The first kappa shape index (κ1) is 15.3. The highest BCUT2D eigenvalue weighted by molar-refractivity contribution is 6.04. The van der Waals surface area contributed by atoms with Crippen LogP contribution in [0.4, 0.5) is 0 Å². The molecular formula is C20H18N4O. The number of fused-ring (bicyclic) bond motifs is 2. The van der Waals surface area contributed by atoms with Gasteiger partial charge in [0.25, 0.3) is 5.91 Å². The third-order valence-electron chi connectivity index (χ3n) is 4.28. The molecule has 4 rings (SSSR count). The summed E-state index contributed by atoms with van der Waals surface area (Å²) in [4.78, 5) is 24.6. The second-order valence-corrected chi connectivity index (χ2v) is 6.00. The second-order valence-electron chi connectivity index (χ2n) is 6.00. The average molecular weight is 330 g/mol. The smallest absolute Gasteiger partial charge is 0.270 e. The van der Waals surface area contributed by atoms with E-state index in [2.05, 4.69) is 26.3 Å². The van der Waals surface area contributed by atoms with Gasteiger partial charge >= 0.3 is 0 Å². The number of carbonyl (C=O) groups excluding carboxylic acids is 1. The fourth-order valence-electron chi connectivity index (χ4n) is 3.10. The summed E-state index contributed by atoms with van der Waals surface area (Å²) in [5.41, 5.74) is 3.53. The monoisotopic (exact) mass is 330 g/mol. The van der Waals surface area contributed by atoms with Crippen LogP contribution in [-0.4, -0.2) is 27.4 Å². The van der Waals surface area contributed by atoms with Gasteiger partial charge in [0, 0.05) is 29.0 Å². The van der Waals surface area contributed by atoms with Crippen LogP contribution in [0.15, 0.2) is 54.7 Å². The maximum absolute atomic E-state index is 12.6. The van der Waals surface area contributed by atoms with Gasteiger partial charge in [-0.3, -0.25) is 4.79 Å². The molecule has 0 aliphatic heterocycles. The van der Waals surface area contributed by atoms with E-state index in [4.69, 9.17) is 0 Å². The number of benzene rings is 2. The first-order chi connectivity index (χ1) is 12.2. The van der Waals surface area contributed by atoms with Crippen LogP contribution in [-0.2, 0) is 6.42 Å². The van der Waals surface area contributed by atoms with Crippen molar-refractivity contribution in [1.29, 1.82) is 0 Å². The Hall–Kier alpha value is -3.21. The largest absolute Gasteiger partial charge is 0.361 e. The zero-order valence-corrected chi connectivity index (χ0v) is 13.9. The third kappa shape index (κ3) is 2.96. The van der Waals surface area contributed by atoms with Gasteiger partial charge in [-0.25, -0.2) is 9.97 Å². The molecule has 0 bridgehead atoms. The number of hydrogen-bond donors (Lipinski definition) is 2. The lowest BCUT2D eigenvalue weighted by Gasteiger charge is -2.08. The van der Waals surface area contributed by atoms with E-state index in [9.17, 15) is 4.79 Å². The normalized spacial score (nSPS) is 11.1. The van der Waals surface area contributed by atoms with Crippen LogP contribution in [0, 0.1) is 6.92 Å². The van der Waals surface area contributed by atoms with Crippen molar-refractivity contribution in [2.75, 3.05) is 6.54 Å². The maximum Gasteiger partial charge on any atom is 0.270 e. The summed E-state index contributed by atoms with van der Waals surface area (Å²) in [6.07, 6.45) is 2.76. The van der Waals surface area contributed by atoms with Crippen LogP contribution < -0.4 is 5.32 Å². The first-order valence-electron chi connectivity index (χ1n) is 8.29. The SMILES string of the molecule is Cc1nc(C(=O)NCCc2c[nH]c3ccccc23)c2ccccc2n1. The first-order valence-corrected chi connectivity index (χ1v) is 8.29. The van der Waals surface area contributed by atoms with Gasteiger partial charge in [-0.1, -0.05) is 36.4 Å². The molecule has 0 saturated carbocycles. The minimum Gasteiger partial charge on any atom is -0.361 e. The Morgan fingerprint density at radius 3 is 2.68 bits per heavy atom. The standard InChI is InChI=1S/C20H18N4O/c1-13-23-18-9-5-3-7-16(18)19(24-13)20(25)21-11-10-14-12-22-17-8-4-2-6-15(14)17/h2-9,12,22H,10-11H2,1H3,(H,21,25). The zero-order chi connectivity index (χ0) is 17.2. The molecule has 124 valence electrons. The summed E-state index contributed by atoms with van der Waals surface area (Å²) in [7, 11) is 0. The molecule has 1 amide bonds. The van der Waals surface area contributed by atoms with Crippen molar-refractivity contribution in [3.8, 4) is 0 Å². The van der Waals surface area contributed by atoms with Crippen LogP contribution in [0.2, 0.25) is 0 Å². The Bertz CT molecular complexity index is 1070. The van der Waals surface area contributed by atoms with Gasteiger partial charge < -0.3 is 10.3 Å². The number of H-pyrrole nitrogens is 1. The number of nitrogens with one attached hydrogen (secondary N) is 2. The van der Waals surface area contributed by atoms with E-state index < -0.39 is 0 Å². The highest BCUT2D eigenvalue weighted by Crippen LogP contribution is 2.18. The molecular weight excluding hydrogens is 312 g/mol. The van der Waals surface area contributed by atoms with Gasteiger partial charge in [0.15, 0.2) is 0 Å². The van der Waals surface area contributed by atoms with Crippen LogP contribution in [0.25, 0.3) is 21.8 Å². The Kier molecular flexibility index (Phi) is 3.90. The molecule has 0 unspecified atom stereocenters. The van der Waals surface area contributed by atoms with Crippen LogP contribution in [0.3, 0.4) is 0 Å². The van der Waals surface area contributed by atoms with Crippen molar-refractivity contribution in [3.05, 3.63) is 71.8 Å². The van der Waals surface area contributed by atoms with Crippen molar-refractivity contribution < 1.29 is 4.79 Å². The van der Waals surface area contributed by atoms with Crippen molar-refractivity contribution in [1.82, 2.24) is 20.3 Å². The summed E-state index contributed by atoms with van der Waals surface area (Å²) in [6, 6.07) is 15.7. The van der Waals surface area contributed by atoms with Gasteiger partial charge in [-0.15, -0.1) is 0 Å². The predicted molar refractivity (Wildman–Crippen MR) is 98.6 cm³/mol. The van der Waals surface area contributed by atoms with E-state index in [1.807, 2.05) is 48.7 Å². The molecule has 2 aromatic heterocycles. The average Bonchev–Trinajstić information content (AvgIpc) is 3.04. The van der Waals surface area contributed by atoms with E-state index >= 15 is 0 Å². The number of carbonyl (C=O) groups is 1. The molecule has 5 heteroatoms. The third-order valence-corrected chi connectivity index (χ3v) is 4.28. The quantitative estimate of drug-likeness (QED) is 0.602. The molecule has 0 fully saturated rings. The molecule has 0 saturated heterocycles. The van der Waals surface area contributed by atoms with Crippen molar-refractivity contribution >= 4 is 27.7 Å².